The average molecular weight is 262 g/mol. The van der Waals surface area contributed by atoms with Gasteiger partial charge in [-0.3, -0.25) is 9.59 Å². The number of nitrogens with one attached hydrogen (secondary N) is 1. The fourth-order valence-corrected chi connectivity index (χ4v) is 2.59. The molecule has 2 unspecified atom stereocenters. The van der Waals surface area contributed by atoms with Crippen LogP contribution in [0.15, 0.2) is 23.1 Å². The molecule has 0 radical (unpaired) electrons. The smallest absolute Gasteiger partial charge is 0.247 e. The Kier molecular flexibility index (Phi) is 4.08. The summed E-state index contributed by atoms with van der Waals surface area (Å²) >= 11 is 0. The highest BCUT2D eigenvalue weighted by molar-refractivity contribution is 5.78. The van der Waals surface area contributed by atoms with Crippen molar-refractivity contribution in [2.75, 3.05) is 13.1 Å². The minimum Gasteiger partial charge on any atom is -0.342 e. The van der Waals surface area contributed by atoms with Crippen LogP contribution < -0.4 is 5.56 Å². The van der Waals surface area contributed by atoms with Gasteiger partial charge in [-0.05, 0) is 17.4 Å². The second-order valence-electron chi connectivity index (χ2n) is 5.89. The first-order chi connectivity index (χ1) is 8.97. The number of amides is 1. The molecule has 2 heterocycles. The standard InChI is InChI=1S/C15H22N2O2/c1-10(2)13-6-15(19)17(9-13)8-11(3)12-4-5-14(18)16-7-12/h4-5,7,10-11,13H,6,8-9H2,1-3H3,(H,16,18). The molecule has 1 aliphatic rings. The highest BCUT2D eigenvalue weighted by atomic mass is 16.2. The number of hydrogen-bond donors (Lipinski definition) is 1. The Bertz CT molecular complexity index is 487. The van der Waals surface area contributed by atoms with Gasteiger partial charge >= 0.3 is 0 Å². The van der Waals surface area contributed by atoms with Crippen LogP contribution in [-0.2, 0) is 4.79 Å². The Morgan fingerprint density at radius 1 is 1.32 bits per heavy atom. The lowest BCUT2D eigenvalue weighted by atomic mass is 9.95. The van der Waals surface area contributed by atoms with Gasteiger partial charge < -0.3 is 9.88 Å². The van der Waals surface area contributed by atoms with E-state index >= 15 is 0 Å². The molecule has 104 valence electrons. The summed E-state index contributed by atoms with van der Waals surface area (Å²) in [6.07, 6.45) is 2.42. The number of likely N-dealkylation sites (tertiary alicyclic amines) is 1. The van der Waals surface area contributed by atoms with Crippen molar-refractivity contribution in [1.29, 1.82) is 0 Å². The Morgan fingerprint density at radius 3 is 2.58 bits per heavy atom. The van der Waals surface area contributed by atoms with Gasteiger partial charge in [-0.2, -0.15) is 0 Å². The van der Waals surface area contributed by atoms with E-state index in [4.69, 9.17) is 0 Å². The summed E-state index contributed by atoms with van der Waals surface area (Å²) in [6, 6.07) is 3.37. The number of aromatic nitrogens is 1. The lowest BCUT2D eigenvalue weighted by molar-refractivity contribution is -0.127. The first kappa shape index (κ1) is 13.8. The molecular weight excluding hydrogens is 240 g/mol. The van der Waals surface area contributed by atoms with Crippen molar-refractivity contribution in [3.8, 4) is 0 Å². The lowest BCUT2D eigenvalue weighted by Crippen LogP contribution is -2.30. The van der Waals surface area contributed by atoms with E-state index in [2.05, 4.69) is 25.8 Å². The predicted octanol–water partition coefficient (Wildman–Crippen LogP) is 1.98. The molecule has 4 nitrogen and oxygen atoms in total. The first-order valence-corrected chi connectivity index (χ1v) is 6.93. The molecule has 0 spiro atoms. The summed E-state index contributed by atoms with van der Waals surface area (Å²) in [5, 5.41) is 0. The maximum atomic E-state index is 12.0. The van der Waals surface area contributed by atoms with Crippen molar-refractivity contribution in [1.82, 2.24) is 9.88 Å². The number of aromatic amines is 1. The first-order valence-electron chi connectivity index (χ1n) is 6.93. The highest BCUT2D eigenvalue weighted by Gasteiger charge is 2.31. The van der Waals surface area contributed by atoms with E-state index in [1.807, 2.05) is 11.0 Å². The zero-order valence-corrected chi connectivity index (χ0v) is 11.8. The Balaban J connectivity index is 1.99. The van der Waals surface area contributed by atoms with E-state index in [0.717, 1.165) is 18.7 Å². The molecule has 1 aromatic rings. The van der Waals surface area contributed by atoms with Gasteiger partial charge in [0.25, 0.3) is 0 Å². The molecule has 0 saturated carbocycles. The molecule has 2 rings (SSSR count). The predicted molar refractivity (Wildman–Crippen MR) is 75.0 cm³/mol. The summed E-state index contributed by atoms with van der Waals surface area (Å²) in [5.74, 6) is 1.54. The topological polar surface area (TPSA) is 53.2 Å². The molecule has 4 heteroatoms. The number of pyridine rings is 1. The van der Waals surface area contributed by atoms with Crippen LogP contribution in [0.4, 0.5) is 0 Å². The van der Waals surface area contributed by atoms with Crippen LogP contribution in [-0.4, -0.2) is 28.9 Å². The minimum absolute atomic E-state index is 0.0897. The zero-order chi connectivity index (χ0) is 14.0. The lowest BCUT2D eigenvalue weighted by Gasteiger charge is -2.22. The van der Waals surface area contributed by atoms with Gasteiger partial charge in [0.1, 0.15) is 0 Å². The third kappa shape index (κ3) is 3.25. The summed E-state index contributed by atoms with van der Waals surface area (Å²) in [6.45, 7) is 8.03. The fraction of sp³-hybridized carbons (Fsp3) is 0.600. The number of carbonyl (C=O) groups is 1. The van der Waals surface area contributed by atoms with Crippen molar-refractivity contribution in [3.63, 3.8) is 0 Å². The van der Waals surface area contributed by atoms with Gasteiger partial charge in [-0.25, -0.2) is 0 Å². The maximum Gasteiger partial charge on any atom is 0.247 e. The molecule has 0 aromatic carbocycles. The van der Waals surface area contributed by atoms with Crippen LogP contribution in [0.25, 0.3) is 0 Å². The summed E-state index contributed by atoms with van der Waals surface area (Å²) in [7, 11) is 0. The van der Waals surface area contributed by atoms with Crippen molar-refractivity contribution < 1.29 is 4.79 Å². The zero-order valence-electron chi connectivity index (χ0n) is 11.8. The van der Waals surface area contributed by atoms with Crippen LogP contribution in [0.1, 0.15) is 38.7 Å². The van der Waals surface area contributed by atoms with Crippen molar-refractivity contribution >= 4 is 5.91 Å². The monoisotopic (exact) mass is 262 g/mol. The van der Waals surface area contributed by atoms with E-state index in [9.17, 15) is 9.59 Å². The number of rotatable bonds is 4. The van der Waals surface area contributed by atoms with Crippen LogP contribution in [0, 0.1) is 11.8 Å². The van der Waals surface area contributed by atoms with Gasteiger partial charge in [0.05, 0.1) is 0 Å². The molecule has 1 N–H and O–H groups in total. The quantitative estimate of drug-likeness (QED) is 0.902. The van der Waals surface area contributed by atoms with Crippen LogP contribution in [0.5, 0.6) is 0 Å². The maximum absolute atomic E-state index is 12.0. The molecule has 2 atom stereocenters. The second-order valence-corrected chi connectivity index (χ2v) is 5.89. The molecule has 1 saturated heterocycles. The minimum atomic E-state index is -0.0897. The normalized spacial score (nSPS) is 21.2. The van der Waals surface area contributed by atoms with E-state index in [1.165, 1.54) is 6.07 Å². The van der Waals surface area contributed by atoms with Crippen LogP contribution in [0.2, 0.25) is 0 Å². The van der Waals surface area contributed by atoms with Gasteiger partial charge in [0.15, 0.2) is 0 Å². The van der Waals surface area contributed by atoms with E-state index < -0.39 is 0 Å². The van der Waals surface area contributed by atoms with E-state index in [1.54, 1.807) is 6.20 Å². The van der Waals surface area contributed by atoms with Crippen molar-refractivity contribution in [3.05, 3.63) is 34.2 Å². The average Bonchev–Trinajstić information content (AvgIpc) is 2.72. The van der Waals surface area contributed by atoms with Gasteiger partial charge in [-0.15, -0.1) is 0 Å². The second kappa shape index (κ2) is 5.59. The molecule has 1 aliphatic heterocycles. The van der Waals surface area contributed by atoms with E-state index in [-0.39, 0.29) is 17.4 Å². The number of hydrogen-bond acceptors (Lipinski definition) is 2. The number of nitrogens with zero attached hydrogens (tertiary/aromatic N) is 1. The molecule has 1 aromatic heterocycles. The molecule has 19 heavy (non-hydrogen) atoms. The molecule has 1 amide bonds. The summed E-state index contributed by atoms with van der Waals surface area (Å²) in [4.78, 5) is 27.7. The largest absolute Gasteiger partial charge is 0.342 e. The van der Waals surface area contributed by atoms with Crippen LogP contribution >= 0.6 is 0 Å². The Hall–Kier alpha value is -1.58. The Morgan fingerprint density at radius 2 is 2.05 bits per heavy atom. The van der Waals surface area contributed by atoms with Crippen molar-refractivity contribution in [2.24, 2.45) is 11.8 Å². The molecule has 1 fully saturated rings. The Labute approximate surface area is 113 Å². The van der Waals surface area contributed by atoms with Crippen LogP contribution in [0.3, 0.4) is 0 Å². The summed E-state index contributed by atoms with van der Waals surface area (Å²) < 4.78 is 0. The number of H-pyrrole nitrogens is 1. The summed E-state index contributed by atoms with van der Waals surface area (Å²) in [5.41, 5.74) is 0.980. The van der Waals surface area contributed by atoms with Gasteiger partial charge in [0.2, 0.25) is 11.5 Å². The van der Waals surface area contributed by atoms with Gasteiger partial charge in [-0.1, -0.05) is 26.8 Å². The SMILES string of the molecule is CC(CN1CC(C(C)C)CC1=O)c1ccc(=O)[nH]c1. The third-order valence-electron chi connectivity index (χ3n) is 4.06. The highest BCUT2D eigenvalue weighted by Crippen LogP contribution is 2.26. The van der Waals surface area contributed by atoms with Crippen molar-refractivity contribution in [2.45, 2.75) is 33.1 Å². The third-order valence-corrected chi connectivity index (χ3v) is 4.06. The molecule has 0 bridgehead atoms. The van der Waals surface area contributed by atoms with E-state index in [0.29, 0.717) is 18.3 Å². The molecular formula is C15H22N2O2. The molecule has 0 aliphatic carbocycles. The van der Waals surface area contributed by atoms with Gasteiger partial charge in [0, 0.05) is 37.7 Å². The number of carbonyl (C=O) groups excluding carboxylic acids is 1. The fourth-order valence-electron chi connectivity index (χ4n) is 2.59.